The molecule has 2 unspecified atom stereocenters. The summed E-state index contributed by atoms with van der Waals surface area (Å²) in [6.07, 6.45) is 6.78. The van der Waals surface area contributed by atoms with Gasteiger partial charge < -0.3 is 19.3 Å². The van der Waals surface area contributed by atoms with Crippen LogP contribution in [0.3, 0.4) is 0 Å². The molecular weight excluding hydrogens is 454 g/mol. The number of ether oxygens (including phenoxy) is 3. The van der Waals surface area contributed by atoms with E-state index >= 15 is 0 Å². The van der Waals surface area contributed by atoms with Crippen molar-refractivity contribution >= 4 is 0 Å². The van der Waals surface area contributed by atoms with E-state index in [1.807, 2.05) is 56.4 Å². The summed E-state index contributed by atoms with van der Waals surface area (Å²) >= 11 is 0. The van der Waals surface area contributed by atoms with Gasteiger partial charge in [-0.15, -0.1) is 6.42 Å². The zero-order valence-electron chi connectivity index (χ0n) is 21.1. The predicted molar refractivity (Wildman–Crippen MR) is 140 cm³/mol. The first-order chi connectivity index (χ1) is 17.5. The van der Waals surface area contributed by atoms with Crippen molar-refractivity contribution < 1.29 is 19.3 Å². The van der Waals surface area contributed by atoms with Crippen LogP contribution in [0.2, 0.25) is 0 Å². The van der Waals surface area contributed by atoms with Crippen molar-refractivity contribution in [1.29, 1.82) is 0 Å². The van der Waals surface area contributed by atoms with Crippen LogP contribution in [0.1, 0.15) is 24.0 Å². The highest BCUT2D eigenvalue weighted by Crippen LogP contribution is 2.34. The Bertz CT molecular complexity index is 1130. The quantitative estimate of drug-likeness (QED) is 0.304. The molecule has 7 nitrogen and oxygen atoms in total. The number of benzene rings is 2. The summed E-state index contributed by atoms with van der Waals surface area (Å²) in [5.41, 5.74) is 3.99. The maximum Gasteiger partial charge on any atom is 0.222 e. The number of hydrogen-bond donors (Lipinski definition) is 1. The lowest BCUT2D eigenvalue weighted by Crippen LogP contribution is -2.39. The minimum Gasteiger partial charge on any atom is -0.439 e. The number of hydrogen-bond acceptors (Lipinski definition) is 6. The van der Waals surface area contributed by atoms with Crippen LogP contribution in [0.25, 0.3) is 11.3 Å². The van der Waals surface area contributed by atoms with Gasteiger partial charge in [0.2, 0.25) is 5.88 Å². The van der Waals surface area contributed by atoms with E-state index in [-0.39, 0.29) is 19.3 Å². The first-order valence-corrected chi connectivity index (χ1v) is 12.4. The maximum absolute atomic E-state index is 10.7. The van der Waals surface area contributed by atoms with E-state index in [9.17, 15) is 5.11 Å². The first-order valence-electron chi connectivity index (χ1n) is 12.4. The average molecular weight is 490 g/mol. The van der Waals surface area contributed by atoms with Gasteiger partial charge >= 0.3 is 0 Å². The fourth-order valence-electron chi connectivity index (χ4n) is 4.48. The third kappa shape index (κ3) is 6.96. The molecule has 0 spiro atoms. The number of terminal acetylenes is 1. The fraction of sp³-hybridized carbons (Fsp3) is 0.414. The first kappa shape index (κ1) is 25.9. The number of nitrogens with zero attached hydrogens (tertiary/aromatic N) is 3. The van der Waals surface area contributed by atoms with Gasteiger partial charge in [-0.1, -0.05) is 53.9 Å². The average Bonchev–Trinajstić information content (AvgIpc) is 3.49. The molecule has 36 heavy (non-hydrogen) atoms. The Balaban J connectivity index is 1.65. The Kier molecular flexibility index (Phi) is 9.15. The van der Waals surface area contributed by atoms with Crippen LogP contribution in [0.15, 0.2) is 54.6 Å². The highest BCUT2D eigenvalue weighted by atomic mass is 16.5. The molecule has 7 heteroatoms. The van der Waals surface area contributed by atoms with E-state index in [1.165, 1.54) is 5.56 Å². The maximum atomic E-state index is 10.7. The van der Waals surface area contributed by atoms with Crippen molar-refractivity contribution in [2.45, 2.75) is 38.5 Å². The van der Waals surface area contributed by atoms with Crippen molar-refractivity contribution in [2.24, 2.45) is 7.05 Å². The van der Waals surface area contributed by atoms with E-state index in [0.717, 1.165) is 42.0 Å². The molecular formula is C29H35N3O4. The molecule has 190 valence electrons. The predicted octanol–water partition coefficient (Wildman–Crippen LogP) is 4.18. The van der Waals surface area contributed by atoms with Crippen LogP contribution in [0.4, 0.5) is 0 Å². The largest absolute Gasteiger partial charge is 0.439 e. The smallest absolute Gasteiger partial charge is 0.222 e. The molecule has 1 aliphatic heterocycles. The van der Waals surface area contributed by atoms with Gasteiger partial charge in [-0.3, -0.25) is 4.90 Å². The number of aryl methyl sites for hydroxylation is 2. The minimum absolute atomic E-state index is 0.127. The van der Waals surface area contributed by atoms with Crippen LogP contribution in [0.5, 0.6) is 11.6 Å². The van der Waals surface area contributed by atoms with E-state index in [2.05, 4.69) is 23.0 Å². The monoisotopic (exact) mass is 489 g/mol. The van der Waals surface area contributed by atoms with E-state index in [4.69, 9.17) is 25.7 Å². The van der Waals surface area contributed by atoms with Crippen LogP contribution < -0.4 is 4.74 Å². The lowest BCUT2D eigenvalue weighted by Gasteiger charge is -2.27. The van der Waals surface area contributed by atoms with Gasteiger partial charge in [-0.25, -0.2) is 4.68 Å². The van der Waals surface area contributed by atoms with Gasteiger partial charge in [-0.2, -0.15) is 5.10 Å². The van der Waals surface area contributed by atoms with Crippen molar-refractivity contribution in [3.63, 3.8) is 0 Å². The topological polar surface area (TPSA) is 69.0 Å². The van der Waals surface area contributed by atoms with Gasteiger partial charge in [0.05, 0.1) is 24.4 Å². The summed E-state index contributed by atoms with van der Waals surface area (Å²) in [4.78, 5) is 2.20. The summed E-state index contributed by atoms with van der Waals surface area (Å²) in [5, 5.41) is 15.5. The highest BCUT2D eigenvalue weighted by Gasteiger charge is 2.26. The van der Waals surface area contributed by atoms with Gasteiger partial charge in [0.1, 0.15) is 18.1 Å². The van der Waals surface area contributed by atoms with Crippen molar-refractivity contribution in [3.8, 4) is 35.2 Å². The molecule has 1 fully saturated rings. The second kappa shape index (κ2) is 12.7. The molecule has 2 atom stereocenters. The minimum atomic E-state index is -0.682. The Morgan fingerprint density at radius 1 is 1.22 bits per heavy atom. The number of aromatic nitrogens is 2. The molecule has 3 aromatic rings. The summed E-state index contributed by atoms with van der Waals surface area (Å²) in [5.74, 6) is 3.87. The molecule has 0 radical (unpaired) electrons. The number of aliphatic hydroxyl groups is 1. The van der Waals surface area contributed by atoms with Gasteiger partial charge in [0, 0.05) is 38.9 Å². The van der Waals surface area contributed by atoms with Crippen LogP contribution in [0, 0.1) is 19.3 Å². The van der Waals surface area contributed by atoms with E-state index in [0.29, 0.717) is 25.5 Å². The van der Waals surface area contributed by atoms with Crippen molar-refractivity contribution in [3.05, 3.63) is 65.7 Å². The van der Waals surface area contributed by atoms with E-state index in [1.54, 1.807) is 4.68 Å². The third-order valence-corrected chi connectivity index (χ3v) is 6.20. The normalized spacial score (nSPS) is 16.2. The highest BCUT2D eigenvalue weighted by molar-refractivity contribution is 5.65. The van der Waals surface area contributed by atoms with Gasteiger partial charge in [-0.05, 0) is 31.9 Å². The van der Waals surface area contributed by atoms with E-state index < -0.39 is 6.10 Å². The zero-order chi connectivity index (χ0) is 25.3. The standard InChI is InChI=1S/C29H35N3O4/c1-4-16-34-21-24(33)18-32(19-26-11-8-17-35-26)20-27-28(23-9-6-5-7-10-23)30-31(3)29(27)36-25-14-12-22(2)13-15-25/h1,5-7,9-10,12-15,24,26,33H,8,11,16-21H2,2-3H3. The Morgan fingerprint density at radius 2 is 2.00 bits per heavy atom. The van der Waals surface area contributed by atoms with Gasteiger partial charge in [0.15, 0.2) is 0 Å². The fourth-order valence-corrected chi connectivity index (χ4v) is 4.48. The molecule has 0 amide bonds. The lowest BCUT2D eigenvalue weighted by molar-refractivity contribution is 0.00943. The molecule has 4 rings (SSSR count). The van der Waals surface area contributed by atoms with Crippen molar-refractivity contribution in [1.82, 2.24) is 14.7 Å². The van der Waals surface area contributed by atoms with Gasteiger partial charge in [0.25, 0.3) is 0 Å². The van der Waals surface area contributed by atoms with Crippen LogP contribution >= 0.6 is 0 Å². The Labute approximate surface area is 213 Å². The molecule has 0 saturated carbocycles. The molecule has 2 aromatic carbocycles. The Morgan fingerprint density at radius 3 is 2.69 bits per heavy atom. The molecule has 0 bridgehead atoms. The molecule has 1 aliphatic rings. The number of aliphatic hydroxyl groups excluding tert-OH is 1. The zero-order valence-corrected chi connectivity index (χ0v) is 21.1. The number of rotatable bonds is 12. The lowest BCUT2D eigenvalue weighted by atomic mass is 10.1. The SMILES string of the molecule is C#CCOCC(O)CN(Cc1c(-c2ccccc2)nn(C)c1Oc1ccc(C)cc1)CC1CCCO1. The molecule has 1 aromatic heterocycles. The molecule has 1 N–H and O–H groups in total. The van der Waals surface area contributed by atoms with Crippen LogP contribution in [-0.4, -0.2) is 64.9 Å². The second-order valence-corrected chi connectivity index (χ2v) is 9.24. The molecule has 1 saturated heterocycles. The molecule has 0 aliphatic carbocycles. The summed E-state index contributed by atoms with van der Waals surface area (Å²) < 4.78 is 19.5. The van der Waals surface area contributed by atoms with Crippen LogP contribution in [-0.2, 0) is 23.1 Å². The van der Waals surface area contributed by atoms with Crippen molar-refractivity contribution in [2.75, 3.05) is 32.9 Å². The second-order valence-electron chi connectivity index (χ2n) is 9.24. The summed E-state index contributed by atoms with van der Waals surface area (Å²) in [7, 11) is 1.90. The summed E-state index contributed by atoms with van der Waals surface area (Å²) in [6.45, 7) is 4.82. The summed E-state index contributed by atoms with van der Waals surface area (Å²) in [6, 6.07) is 18.1. The molecule has 2 heterocycles. The Hall–Kier alpha value is -3.15. The third-order valence-electron chi connectivity index (χ3n) is 6.20.